The second-order valence-electron chi connectivity index (χ2n) is 7.57. The number of aliphatic hydroxyl groups is 2. The van der Waals surface area contributed by atoms with E-state index in [1.807, 2.05) is 6.92 Å². The number of aliphatic hydroxyl groups excluding tert-OH is 1. The van der Waals surface area contributed by atoms with Gasteiger partial charge in [-0.05, 0) is 59.3 Å². The lowest BCUT2D eigenvalue weighted by molar-refractivity contribution is -0.171. The number of allylic oxidation sites excluding steroid dienone is 3. The molecule has 0 aromatic rings. The fourth-order valence-electron chi connectivity index (χ4n) is 3.52. The highest BCUT2D eigenvalue weighted by Crippen LogP contribution is 2.36. The second-order valence-corrected chi connectivity index (χ2v) is 7.57. The van der Waals surface area contributed by atoms with Crippen molar-refractivity contribution in [3.8, 4) is 0 Å². The van der Waals surface area contributed by atoms with E-state index < -0.39 is 23.8 Å². The molecule has 1 saturated heterocycles. The van der Waals surface area contributed by atoms with Gasteiger partial charge in [-0.3, -0.25) is 0 Å². The van der Waals surface area contributed by atoms with Crippen LogP contribution < -0.4 is 0 Å². The van der Waals surface area contributed by atoms with Crippen LogP contribution in [0.5, 0.6) is 0 Å². The molecule has 134 valence electrons. The maximum atomic E-state index is 12.1. The van der Waals surface area contributed by atoms with Crippen molar-refractivity contribution in [1.29, 1.82) is 0 Å². The van der Waals surface area contributed by atoms with E-state index in [0.717, 1.165) is 24.8 Å². The first-order valence-corrected chi connectivity index (χ1v) is 8.82. The lowest BCUT2D eigenvalue weighted by Gasteiger charge is -2.40. The van der Waals surface area contributed by atoms with E-state index in [4.69, 9.17) is 4.74 Å². The highest BCUT2D eigenvalue weighted by Gasteiger charge is 2.43. The fourth-order valence-corrected chi connectivity index (χ4v) is 3.52. The van der Waals surface area contributed by atoms with Gasteiger partial charge in [0.15, 0.2) is 0 Å². The van der Waals surface area contributed by atoms with Crippen LogP contribution in [0.3, 0.4) is 0 Å². The summed E-state index contributed by atoms with van der Waals surface area (Å²) in [7, 11) is 0. The molecule has 2 bridgehead atoms. The lowest BCUT2D eigenvalue weighted by atomic mass is 9.78. The Morgan fingerprint density at radius 2 is 1.92 bits per heavy atom. The van der Waals surface area contributed by atoms with Crippen LogP contribution in [0.25, 0.3) is 0 Å². The molecular weight excluding hydrogens is 304 g/mol. The van der Waals surface area contributed by atoms with Crippen LogP contribution >= 0.6 is 0 Å². The van der Waals surface area contributed by atoms with Crippen molar-refractivity contribution < 1.29 is 19.7 Å². The summed E-state index contributed by atoms with van der Waals surface area (Å²) >= 11 is 0. The Kier molecular flexibility index (Phi) is 6.05. The first kappa shape index (κ1) is 18.9. The third-order valence-corrected chi connectivity index (χ3v) is 5.29. The Balaban J connectivity index is 2.29. The van der Waals surface area contributed by atoms with Crippen molar-refractivity contribution in [3.63, 3.8) is 0 Å². The maximum Gasteiger partial charge on any atom is 0.334 e. The van der Waals surface area contributed by atoms with Gasteiger partial charge >= 0.3 is 5.97 Å². The summed E-state index contributed by atoms with van der Waals surface area (Å²) in [6.45, 7) is 9.62. The molecule has 4 heteroatoms. The Morgan fingerprint density at radius 1 is 1.25 bits per heavy atom. The number of carbonyl (C=O) groups is 1. The number of ether oxygens (including phenoxy) is 1. The zero-order valence-corrected chi connectivity index (χ0v) is 15.0. The summed E-state index contributed by atoms with van der Waals surface area (Å²) in [5.74, 6) is -0.873. The molecule has 1 fully saturated rings. The molecule has 0 amide bonds. The van der Waals surface area contributed by atoms with Gasteiger partial charge in [0.2, 0.25) is 0 Å². The van der Waals surface area contributed by atoms with E-state index in [0.29, 0.717) is 24.8 Å². The van der Waals surface area contributed by atoms with E-state index in [1.54, 1.807) is 6.92 Å². The predicted octanol–water partition coefficient (Wildman–Crippen LogP) is 3.44. The Labute approximate surface area is 144 Å². The standard InChI is InChI=1S/C20H30O4/c1-13-7-5-8-14(2)11-17(21)16-12-18(24-19(22)15(16)3)20(4,23)10-6-9-13/h8-9,16-18,21,23H,3,5-7,10-12H2,1-2,4H3/b13-9-,14-8-. The third-order valence-electron chi connectivity index (χ3n) is 5.29. The monoisotopic (exact) mass is 334 g/mol. The molecule has 2 N–H and O–H groups in total. The summed E-state index contributed by atoms with van der Waals surface area (Å²) in [5, 5.41) is 21.4. The number of fused-ring (bicyclic) bond motifs is 2. The van der Waals surface area contributed by atoms with E-state index in [1.165, 1.54) is 5.57 Å². The smallest absolute Gasteiger partial charge is 0.334 e. The number of rotatable bonds is 0. The molecule has 1 aliphatic carbocycles. The Hall–Kier alpha value is -1.39. The van der Waals surface area contributed by atoms with E-state index in [2.05, 4.69) is 25.7 Å². The number of hydrogen-bond donors (Lipinski definition) is 2. The van der Waals surface area contributed by atoms with Crippen LogP contribution in [0.2, 0.25) is 0 Å². The molecule has 1 aliphatic heterocycles. The van der Waals surface area contributed by atoms with Crippen LogP contribution in [0.15, 0.2) is 35.5 Å². The van der Waals surface area contributed by atoms with Gasteiger partial charge in [0.25, 0.3) is 0 Å². The first-order chi connectivity index (χ1) is 11.2. The summed E-state index contributed by atoms with van der Waals surface area (Å²) in [4.78, 5) is 12.1. The van der Waals surface area contributed by atoms with Gasteiger partial charge in [0.05, 0.1) is 11.7 Å². The van der Waals surface area contributed by atoms with Crippen molar-refractivity contribution in [2.75, 3.05) is 0 Å². The molecule has 0 saturated carbocycles. The van der Waals surface area contributed by atoms with Gasteiger partial charge in [-0.1, -0.05) is 29.9 Å². The van der Waals surface area contributed by atoms with Crippen molar-refractivity contribution in [3.05, 3.63) is 35.5 Å². The molecule has 0 aromatic carbocycles. The molecule has 4 atom stereocenters. The minimum Gasteiger partial charge on any atom is -0.456 e. The van der Waals surface area contributed by atoms with Gasteiger partial charge in [0, 0.05) is 11.5 Å². The molecule has 0 aromatic heterocycles. The number of carbonyl (C=O) groups excluding carboxylic acids is 1. The average Bonchev–Trinajstić information content (AvgIpc) is 2.48. The molecule has 2 rings (SSSR count). The second kappa shape index (κ2) is 7.66. The van der Waals surface area contributed by atoms with Gasteiger partial charge in [-0.25, -0.2) is 4.79 Å². The Bertz CT molecular complexity index is 556. The largest absolute Gasteiger partial charge is 0.456 e. The molecular formula is C20H30O4. The molecule has 2 aliphatic rings. The molecule has 4 nitrogen and oxygen atoms in total. The average molecular weight is 334 g/mol. The Morgan fingerprint density at radius 3 is 2.62 bits per heavy atom. The summed E-state index contributed by atoms with van der Waals surface area (Å²) in [5.41, 5.74) is 1.60. The topological polar surface area (TPSA) is 66.8 Å². The summed E-state index contributed by atoms with van der Waals surface area (Å²) < 4.78 is 5.41. The number of esters is 1. The summed E-state index contributed by atoms with van der Waals surface area (Å²) in [6, 6.07) is 0. The van der Waals surface area contributed by atoms with Crippen molar-refractivity contribution >= 4 is 5.97 Å². The lowest BCUT2D eigenvalue weighted by Crippen LogP contribution is -2.49. The molecule has 1 heterocycles. The molecule has 4 unspecified atom stereocenters. The van der Waals surface area contributed by atoms with Gasteiger partial charge < -0.3 is 14.9 Å². The third kappa shape index (κ3) is 4.58. The minimum absolute atomic E-state index is 0.310. The van der Waals surface area contributed by atoms with Crippen LogP contribution in [0.1, 0.15) is 59.3 Å². The summed E-state index contributed by atoms with van der Waals surface area (Å²) in [6.07, 6.45) is 7.11. The van der Waals surface area contributed by atoms with Crippen LogP contribution in [-0.2, 0) is 9.53 Å². The van der Waals surface area contributed by atoms with Gasteiger partial charge in [0.1, 0.15) is 6.10 Å². The molecule has 0 spiro atoms. The van der Waals surface area contributed by atoms with Crippen LogP contribution in [-0.4, -0.2) is 34.0 Å². The fraction of sp³-hybridized carbons (Fsp3) is 0.650. The van der Waals surface area contributed by atoms with E-state index in [-0.39, 0.29) is 5.92 Å². The van der Waals surface area contributed by atoms with E-state index >= 15 is 0 Å². The molecule has 24 heavy (non-hydrogen) atoms. The van der Waals surface area contributed by atoms with Crippen LogP contribution in [0.4, 0.5) is 0 Å². The van der Waals surface area contributed by atoms with Crippen molar-refractivity contribution in [1.82, 2.24) is 0 Å². The normalized spacial score (nSPS) is 40.6. The van der Waals surface area contributed by atoms with E-state index in [9.17, 15) is 15.0 Å². The van der Waals surface area contributed by atoms with Gasteiger partial charge in [-0.15, -0.1) is 0 Å². The maximum absolute atomic E-state index is 12.1. The SMILES string of the molecule is C=C1C(=O)OC2CC1C(O)C/C(C)=C\CC/C(C)=C\CCC2(C)O. The van der Waals surface area contributed by atoms with Crippen molar-refractivity contribution in [2.45, 2.75) is 77.1 Å². The van der Waals surface area contributed by atoms with Crippen molar-refractivity contribution in [2.24, 2.45) is 5.92 Å². The van der Waals surface area contributed by atoms with Crippen LogP contribution in [0, 0.1) is 5.92 Å². The minimum atomic E-state index is -1.11. The highest BCUT2D eigenvalue weighted by atomic mass is 16.6. The molecule has 0 radical (unpaired) electrons. The number of hydrogen-bond acceptors (Lipinski definition) is 4. The van der Waals surface area contributed by atoms with Gasteiger partial charge in [-0.2, -0.15) is 0 Å². The zero-order chi connectivity index (χ0) is 17.9. The first-order valence-electron chi connectivity index (χ1n) is 8.82. The zero-order valence-electron chi connectivity index (χ0n) is 15.0. The highest BCUT2D eigenvalue weighted by molar-refractivity contribution is 5.89. The predicted molar refractivity (Wildman–Crippen MR) is 94.4 cm³/mol. The quantitative estimate of drug-likeness (QED) is 0.404.